The van der Waals surface area contributed by atoms with E-state index in [1.54, 1.807) is 18.4 Å². The van der Waals surface area contributed by atoms with E-state index in [0.29, 0.717) is 25.9 Å². The summed E-state index contributed by atoms with van der Waals surface area (Å²) in [6.45, 7) is 0.0754. The monoisotopic (exact) mass is 755 g/mol. The molecule has 5 aliphatic rings. The number of piperidine rings is 1. The van der Waals surface area contributed by atoms with E-state index in [9.17, 15) is 45.3 Å². The highest BCUT2D eigenvalue weighted by molar-refractivity contribution is 5.91. The SMILES string of the molecule is C[NH2+]CO[C@@H]1[C@H](O[C@H]2OC=C(C(=O)OC3CCCCC3)[C@@](O)(C=CC3CC(C(=O)[O-])C[NH+](CCO)C3)[C@H]2C=C2CCCCC2)O[C@H](CO)[C@@H](O)C1(O)O. The largest absolute Gasteiger partial charge is 0.550 e. The Kier molecular flexibility index (Phi) is 14.9. The highest BCUT2D eigenvalue weighted by atomic mass is 16.8. The molecule has 53 heavy (non-hydrogen) atoms. The van der Waals surface area contributed by atoms with E-state index in [2.05, 4.69) is 0 Å². The molecule has 16 nitrogen and oxygen atoms in total. The number of allylic oxidation sites excluding steroid dienone is 1. The van der Waals surface area contributed by atoms with Gasteiger partial charge in [0.2, 0.25) is 12.1 Å². The van der Waals surface area contributed by atoms with Crippen molar-refractivity contribution in [3.05, 3.63) is 35.6 Å². The van der Waals surface area contributed by atoms with E-state index in [1.165, 1.54) is 6.08 Å². The first-order valence-corrected chi connectivity index (χ1v) is 19.2. The van der Waals surface area contributed by atoms with Gasteiger partial charge in [-0.3, -0.25) is 0 Å². The molecule has 0 bridgehead atoms. The summed E-state index contributed by atoms with van der Waals surface area (Å²) in [5, 5.41) is 78.8. The average molecular weight is 756 g/mol. The van der Waals surface area contributed by atoms with Crippen molar-refractivity contribution in [3.8, 4) is 0 Å². The Hall–Kier alpha value is -2.48. The van der Waals surface area contributed by atoms with Crippen LogP contribution in [0.1, 0.15) is 70.6 Å². The zero-order chi connectivity index (χ0) is 38.2. The van der Waals surface area contributed by atoms with Gasteiger partial charge in [0.15, 0.2) is 19.1 Å². The third-order valence-corrected chi connectivity index (χ3v) is 11.3. The van der Waals surface area contributed by atoms with Crippen LogP contribution >= 0.6 is 0 Å². The van der Waals surface area contributed by atoms with Gasteiger partial charge in [-0.2, -0.15) is 0 Å². The lowest BCUT2D eigenvalue weighted by atomic mass is 9.75. The number of aliphatic carboxylic acids is 1. The zero-order valence-corrected chi connectivity index (χ0v) is 30.6. The molecule has 2 saturated heterocycles. The Morgan fingerprint density at radius 3 is 2.43 bits per heavy atom. The smallest absolute Gasteiger partial charge is 0.340 e. The van der Waals surface area contributed by atoms with Crippen LogP contribution in [0.25, 0.3) is 0 Å². The maximum absolute atomic E-state index is 14.0. The van der Waals surface area contributed by atoms with Gasteiger partial charge in [-0.15, -0.1) is 0 Å². The highest BCUT2D eigenvalue weighted by Crippen LogP contribution is 2.43. The van der Waals surface area contributed by atoms with Gasteiger partial charge >= 0.3 is 5.97 Å². The summed E-state index contributed by atoms with van der Waals surface area (Å²) >= 11 is 0. The third-order valence-electron chi connectivity index (χ3n) is 11.3. The van der Waals surface area contributed by atoms with E-state index in [0.717, 1.165) is 68.1 Å². The van der Waals surface area contributed by atoms with Crippen molar-refractivity contribution in [2.24, 2.45) is 17.8 Å². The number of carboxylic acids is 1. The number of carbonyl (C=O) groups is 2. The van der Waals surface area contributed by atoms with Crippen LogP contribution in [0.5, 0.6) is 0 Å². The zero-order valence-electron chi connectivity index (χ0n) is 30.6. The number of aliphatic hydroxyl groups is 6. The minimum absolute atomic E-state index is 0.0838. The summed E-state index contributed by atoms with van der Waals surface area (Å²) in [6, 6.07) is 0. The number of carbonyl (C=O) groups excluding carboxylic acids is 2. The molecular weight excluding hydrogens is 696 g/mol. The van der Waals surface area contributed by atoms with Crippen LogP contribution in [0.15, 0.2) is 35.6 Å². The van der Waals surface area contributed by atoms with Gasteiger partial charge in [-0.25, -0.2) is 4.79 Å². The molecule has 2 aliphatic carbocycles. The van der Waals surface area contributed by atoms with Crippen molar-refractivity contribution < 1.29 is 79.2 Å². The molecule has 10 atom stereocenters. The lowest BCUT2D eigenvalue weighted by Crippen LogP contribution is -3.15. The Morgan fingerprint density at radius 1 is 1.06 bits per heavy atom. The molecule has 300 valence electrons. The predicted octanol–water partition coefficient (Wildman–Crippen LogP) is -3.53. The Bertz CT molecular complexity index is 1310. The molecule has 0 aromatic rings. The molecule has 0 radical (unpaired) electrons. The van der Waals surface area contributed by atoms with Crippen molar-refractivity contribution >= 4 is 11.9 Å². The summed E-state index contributed by atoms with van der Waals surface area (Å²) in [4.78, 5) is 26.9. The number of aliphatic hydroxyl groups excluding tert-OH is 3. The summed E-state index contributed by atoms with van der Waals surface area (Å²) < 4.78 is 29.8. The first-order valence-electron chi connectivity index (χ1n) is 19.2. The van der Waals surface area contributed by atoms with Gasteiger partial charge in [-0.1, -0.05) is 36.6 Å². The third kappa shape index (κ3) is 10.0. The molecule has 3 aliphatic heterocycles. The van der Waals surface area contributed by atoms with Gasteiger partial charge in [0.25, 0.3) is 0 Å². The van der Waals surface area contributed by atoms with Gasteiger partial charge < -0.3 is 74.4 Å². The van der Waals surface area contributed by atoms with E-state index in [1.807, 2.05) is 6.08 Å². The topological polar surface area (TPSA) is 246 Å². The molecule has 16 heteroatoms. The van der Waals surface area contributed by atoms with Crippen LogP contribution in [0, 0.1) is 17.8 Å². The minimum atomic E-state index is -2.92. The standard InChI is InChI=1S/C37H58N2O14/c1-38-22-50-31-35(52-29(20-41)30(42)37(31,47)48)53-34-27(17-23-8-4-2-5-9-23)36(46,28(21-49-34)33(45)51-26-10-6-3-7-11-26)13-12-24-16-25(32(43)44)19-39(18-24)14-15-40/h12-13,17,21,24-27,29-31,34-35,38,40-42,46-48H,2-11,14-16,18-20,22H2,1H3,(H,43,44)/p+1/t24?,25?,27-,29+,30+,31+,34+,35-,36+/m0/s1. The molecular formula is C37H59N2O14+. The quantitative estimate of drug-likeness (QED) is 0.0487. The molecule has 3 heterocycles. The highest BCUT2D eigenvalue weighted by Gasteiger charge is 2.59. The number of rotatable bonds is 14. The molecule has 0 amide bonds. The van der Waals surface area contributed by atoms with Crippen molar-refractivity contribution in [2.75, 3.05) is 46.6 Å². The number of nitrogens with two attached hydrogens (primary N) is 1. The fourth-order valence-electron chi connectivity index (χ4n) is 8.31. The number of hydrogen-bond acceptors (Lipinski definition) is 14. The van der Waals surface area contributed by atoms with Crippen LogP contribution in [0.2, 0.25) is 0 Å². The molecule has 3 unspecified atom stereocenters. The number of ether oxygens (including phenoxy) is 5. The second kappa shape index (κ2) is 18.9. The van der Waals surface area contributed by atoms with Crippen LogP contribution in [-0.4, -0.2) is 138 Å². The first-order chi connectivity index (χ1) is 25.4. The van der Waals surface area contributed by atoms with Crippen LogP contribution in [0.4, 0.5) is 0 Å². The summed E-state index contributed by atoms with van der Waals surface area (Å²) in [5.74, 6) is -7.22. The number of likely N-dealkylation sites (tertiary alicyclic amines) is 1. The van der Waals surface area contributed by atoms with Crippen molar-refractivity contribution in [3.63, 3.8) is 0 Å². The van der Waals surface area contributed by atoms with Gasteiger partial charge in [0.05, 0.1) is 45.2 Å². The number of carboxylic acid groups (broad SMARTS) is 1. The maximum atomic E-state index is 14.0. The molecule has 4 fully saturated rings. The Labute approximate surface area is 310 Å². The van der Waals surface area contributed by atoms with Crippen LogP contribution in [0.3, 0.4) is 0 Å². The number of quaternary nitrogens is 2. The maximum Gasteiger partial charge on any atom is 0.340 e. The van der Waals surface area contributed by atoms with Crippen LogP contribution in [-0.2, 0) is 33.3 Å². The minimum Gasteiger partial charge on any atom is -0.550 e. The first kappa shape index (κ1) is 41.7. The van der Waals surface area contributed by atoms with Crippen LogP contribution < -0.4 is 15.3 Å². The number of nitrogens with one attached hydrogen (secondary N) is 1. The van der Waals surface area contributed by atoms with Crippen molar-refractivity contribution in [1.29, 1.82) is 0 Å². The van der Waals surface area contributed by atoms with Crippen molar-refractivity contribution in [2.45, 2.75) is 119 Å². The Morgan fingerprint density at radius 2 is 1.77 bits per heavy atom. The van der Waals surface area contributed by atoms with E-state index < -0.39 is 72.7 Å². The lowest BCUT2D eigenvalue weighted by molar-refractivity contribution is -0.911. The molecule has 0 spiro atoms. The summed E-state index contributed by atoms with van der Waals surface area (Å²) in [5.41, 5.74) is -1.34. The van der Waals surface area contributed by atoms with Gasteiger partial charge in [-0.05, 0) is 57.8 Å². The summed E-state index contributed by atoms with van der Waals surface area (Å²) in [6.07, 6.45) is 6.18. The van der Waals surface area contributed by atoms with Crippen molar-refractivity contribution in [1.82, 2.24) is 0 Å². The number of esters is 1. The molecule has 2 saturated carbocycles. The second-order valence-electron chi connectivity index (χ2n) is 15.2. The fourth-order valence-corrected chi connectivity index (χ4v) is 8.31. The average Bonchev–Trinajstić information content (AvgIpc) is 3.14. The molecule has 5 rings (SSSR count). The molecule has 0 aromatic heterocycles. The predicted molar refractivity (Wildman–Crippen MR) is 182 cm³/mol. The lowest BCUT2D eigenvalue weighted by Gasteiger charge is -2.48. The second-order valence-corrected chi connectivity index (χ2v) is 15.2. The molecule has 9 N–H and O–H groups in total. The normalized spacial score (nSPS) is 36.8. The van der Waals surface area contributed by atoms with E-state index in [-0.39, 0.29) is 43.9 Å². The van der Waals surface area contributed by atoms with Gasteiger partial charge in [0, 0.05) is 11.8 Å². The van der Waals surface area contributed by atoms with E-state index in [4.69, 9.17) is 23.7 Å². The summed E-state index contributed by atoms with van der Waals surface area (Å²) in [7, 11) is 1.68. The Balaban J connectivity index is 1.55. The molecule has 0 aromatic carbocycles. The van der Waals surface area contributed by atoms with Gasteiger partial charge in [0.1, 0.15) is 42.3 Å². The number of hydrogen-bond donors (Lipinski definition) is 8. The van der Waals surface area contributed by atoms with E-state index >= 15 is 0 Å². The fraction of sp³-hybridized carbons (Fsp3) is 0.784.